The number of nitrogens with two attached hydrogens (primary N) is 1. The number of fused-ring (bicyclic) bond motifs is 1. The number of aromatic carboxylic acids is 1. The Morgan fingerprint density at radius 3 is 2.78 bits per heavy atom. The summed E-state index contributed by atoms with van der Waals surface area (Å²) in [6, 6.07) is 0. The summed E-state index contributed by atoms with van der Waals surface area (Å²) in [4.78, 5) is 15.6. The van der Waals surface area contributed by atoms with Gasteiger partial charge in [0, 0.05) is 19.0 Å². The first-order valence-electron chi connectivity index (χ1n) is 6.59. The maximum Gasteiger partial charge on any atom is 0.356 e. The number of aromatic nitrogens is 2. The van der Waals surface area contributed by atoms with Crippen LogP contribution in [0.5, 0.6) is 0 Å². The van der Waals surface area contributed by atoms with Crippen molar-refractivity contribution in [2.75, 3.05) is 6.54 Å². The third kappa shape index (κ3) is 2.14. The van der Waals surface area contributed by atoms with Crippen LogP contribution in [0.2, 0.25) is 0 Å². The Morgan fingerprint density at radius 1 is 1.50 bits per heavy atom. The summed E-state index contributed by atoms with van der Waals surface area (Å²) < 4.78 is 2.09. The highest BCUT2D eigenvalue weighted by Crippen LogP contribution is 2.28. The minimum absolute atomic E-state index is 0.134. The van der Waals surface area contributed by atoms with Crippen molar-refractivity contribution in [1.29, 1.82) is 0 Å². The zero-order valence-corrected chi connectivity index (χ0v) is 11.0. The van der Waals surface area contributed by atoms with Crippen LogP contribution in [-0.4, -0.2) is 27.2 Å². The van der Waals surface area contributed by atoms with Gasteiger partial charge in [0.15, 0.2) is 5.69 Å². The average molecular weight is 251 g/mol. The van der Waals surface area contributed by atoms with Crippen molar-refractivity contribution >= 4 is 5.97 Å². The minimum atomic E-state index is -0.925. The van der Waals surface area contributed by atoms with Crippen LogP contribution in [0.25, 0.3) is 0 Å². The zero-order valence-electron chi connectivity index (χ0n) is 11.0. The number of nitrogens with zero attached hydrogens (tertiary/aromatic N) is 2. The Morgan fingerprint density at radius 2 is 2.22 bits per heavy atom. The van der Waals surface area contributed by atoms with E-state index in [-0.39, 0.29) is 11.6 Å². The third-order valence-electron chi connectivity index (χ3n) is 3.74. The molecule has 1 aliphatic heterocycles. The van der Waals surface area contributed by atoms with Gasteiger partial charge in [-0.2, -0.15) is 0 Å². The van der Waals surface area contributed by atoms with Crippen molar-refractivity contribution in [2.45, 2.75) is 45.6 Å². The van der Waals surface area contributed by atoms with Gasteiger partial charge in [0.2, 0.25) is 0 Å². The van der Waals surface area contributed by atoms with Gasteiger partial charge < -0.3 is 15.4 Å². The fourth-order valence-corrected chi connectivity index (χ4v) is 2.70. The van der Waals surface area contributed by atoms with Gasteiger partial charge in [0.1, 0.15) is 5.82 Å². The van der Waals surface area contributed by atoms with Crippen LogP contribution < -0.4 is 5.73 Å². The van der Waals surface area contributed by atoms with Gasteiger partial charge in [-0.3, -0.25) is 0 Å². The van der Waals surface area contributed by atoms with Gasteiger partial charge in [0.25, 0.3) is 0 Å². The molecule has 5 nitrogen and oxygen atoms in total. The molecule has 1 aliphatic rings. The summed E-state index contributed by atoms with van der Waals surface area (Å²) >= 11 is 0. The molecule has 1 aromatic rings. The Hall–Kier alpha value is -1.36. The van der Waals surface area contributed by atoms with E-state index in [0.717, 1.165) is 37.3 Å². The summed E-state index contributed by atoms with van der Waals surface area (Å²) in [5.41, 5.74) is 6.93. The lowest BCUT2D eigenvalue weighted by atomic mass is 9.95. The number of hydrogen-bond acceptors (Lipinski definition) is 3. The summed E-state index contributed by atoms with van der Waals surface area (Å²) in [5.74, 6) is 0.436. The van der Waals surface area contributed by atoms with Crippen molar-refractivity contribution in [1.82, 2.24) is 9.55 Å². The predicted octanol–water partition coefficient (Wildman–Crippen LogP) is 1.62. The summed E-state index contributed by atoms with van der Waals surface area (Å²) in [7, 11) is 0. The summed E-state index contributed by atoms with van der Waals surface area (Å²) in [6.45, 7) is 5.58. The Kier molecular flexibility index (Phi) is 3.71. The number of carboxylic acid groups (broad SMARTS) is 1. The fourth-order valence-electron chi connectivity index (χ4n) is 2.70. The number of carbonyl (C=O) groups is 1. The van der Waals surface area contributed by atoms with Crippen LogP contribution in [0.3, 0.4) is 0 Å². The van der Waals surface area contributed by atoms with Crippen molar-refractivity contribution in [2.24, 2.45) is 11.7 Å². The van der Waals surface area contributed by atoms with Crippen LogP contribution in [0.4, 0.5) is 0 Å². The van der Waals surface area contributed by atoms with E-state index in [0.29, 0.717) is 12.5 Å². The van der Waals surface area contributed by atoms with Crippen molar-refractivity contribution in [3.63, 3.8) is 0 Å². The molecule has 0 aliphatic carbocycles. The Bertz CT molecular complexity index is 451. The largest absolute Gasteiger partial charge is 0.476 e. The van der Waals surface area contributed by atoms with E-state index in [2.05, 4.69) is 23.4 Å². The molecule has 0 fully saturated rings. The lowest BCUT2D eigenvalue weighted by Gasteiger charge is -2.23. The topological polar surface area (TPSA) is 81.1 Å². The molecule has 1 atom stereocenters. The normalized spacial score (nSPS) is 16.7. The van der Waals surface area contributed by atoms with Gasteiger partial charge in [-0.25, -0.2) is 9.78 Å². The maximum atomic E-state index is 11.3. The van der Waals surface area contributed by atoms with Crippen molar-refractivity contribution in [3.05, 3.63) is 17.2 Å². The van der Waals surface area contributed by atoms with Gasteiger partial charge >= 0.3 is 5.97 Å². The molecule has 5 heteroatoms. The molecule has 0 amide bonds. The third-order valence-corrected chi connectivity index (χ3v) is 3.74. The average Bonchev–Trinajstić information content (AvgIpc) is 2.70. The Balaban J connectivity index is 2.50. The molecular formula is C13H21N3O2. The van der Waals surface area contributed by atoms with E-state index < -0.39 is 5.97 Å². The first kappa shape index (κ1) is 13.1. The SMILES string of the molecule is CC(C)C(CN)c1nc(C(=O)O)c2n1CCCC2. The van der Waals surface area contributed by atoms with E-state index in [9.17, 15) is 9.90 Å². The van der Waals surface area contributed by atoms with Gasteiger partial charge in [0.05, 0.1) is 5.69 Å². The second-order valence-corrected chi connectivity index (χ2v) is 5.27. The van der Waals surface area contributed by atoms with Crippen molar-refractivity contribution in [3.8, 4) is 0 Å². The standard InChI is InChI=1S/C13H21N3O2/c1-8(2)9(7-14)12-15-11(13(17)18)10-5-3-4-6-16(10)12/h8-9H,3-7,14H2,1-2H3,(H,17,18). The zero-order chi connectivity index (χ0) is 13.3. The highest BCUT2D eigenvalue weighted by atomic mass is 16.4. The van der Waals surface area contributed by atoms with Gasteiger partial charge in [-0.05, 0) is 25.2 Å². The monoisotopic (exact) mass is 251 g/mol. The van der Waals surface area contributed by atoms with Gasteiger partial charge in [-0.1, -0.05) is 13.8 Å². The van der Waals surface area contributed by atoms with Crippen LogP contribution >= 0.6 is 0 Å². The molecule has 1 unspecified atom stereocenters. The number of rotatable bonds is 4. The van der Waals surface area contributed by atoms with E-state index in [4.69, 9.17) is 5.73 Å². The first-order valence-corrected chi connectivity index (χ1v) is 6.59. The molecule has 0 saturated carbocycles. The molecule has 100 valence electrons. The molecule has 2 rings (SSSR count). The van der Waals surface area contributed by atoms with E-state index in [1.54, 1.807) is 0 Å². The highest BCUT2D eigenvalue weighted by Gasteiger charge is 2.28. The molecule has 3 N–H and O–H groups in total. The molecule has 1 aromatic heterocycles. The predicted molar refractivity (Wildman–Crippen MR) is 68.8 cm³/mol. The summed E-state index contributed by atoms with van der Waals surface area (Å²) in [6.07, 6.45) is 2.94. The quantitative estimate of drug-likeness (QED) is 0.852. The Labute approximate surface area is 107 Å². The van der Waals surface area contributed by atoms with Crippen LogP contribution in [0, 0.1) is 5.92 Å². The molecule has 0 bridgehead atoms. The molecule has 18 heavy (non-hydrogen) atoms. The van der Waals surface area contributed by atoms with Crippen LogP contribution in [0.1, 0.15) is 54.6 Å². The highest BCUT2D eigenvalue weighted by molar-refractivity contribution is 5.87. The summed E-state index contributed by atoms with van der Waals surface area (Å²) in [5, 5.41) is 9.24. The second-order valence-electron chi connectivity index (χ2n) is 5.27. The smallest absolute Gasteiger partial charge is 0.356 e. The number of hydrogen-bond donors (Lipinski definition) is 2. The molecule has 2 heterocycles. The van der Waals surface area contributed by atoms with Crippen LogP contribution in [0.15, 0.2) is 0 Å². The fraction of sp³-hybridized carbons (Fsp3) is 0.692. The number of carboxylic acids is 1. The molecule has 0 radical (unpaired) electrons. The van der Waals surface area contributed by atoms with E-state index >= 15 is 0 Å². The van der Waals surface area contributed by atoms with Crippen LogP contribution in [-0.2, 0) is 13.0 Å². The van der Waals surface area contributed by atoms with E-state index in [1.165, 1.54) is 0 Å². The van der Waals surface area contributed by atoms with E-state index in [1.807, 2.05) is 0 Å². The molecule has 0 spiro atoms. The minimum Gasteiger partial charge on any atom is -0.476 e. The van der Waals surface area contributed by atoms with Gasteiger partial charge in [-0.15, -0.1) is 0 Å². The number of imidazole rings is 1. The molecular weight excluding hydrogens is 230 g/mol. The molecule has 0 saturated heterocycles. The van der Waals surface area contributed by atoms with Crippen molar-refractivity contribution < 1.29 is 9.90 Å². The lowest BCUT2D eigenvalue weighted by Crippen LogP contribution is -2.23. The lowest BCUT2D eigenvalue weighted by molar-refractivity contribution is 0.0689. The molecule has 0 aromatic carbocycles. The maximum absolute atomic E-state index is 11.3. The second kappa shape index (κ2) is 5.10. The first-order chi connectivity index (χ1) is 8.56.